The quantitative estimate of drug-likeness (QED) is 0.813. The molecule has 0 saturated carbocycles. The maximum atomic E-state index is 9.02. The Bertz CT molecular complexity index is 468. The first-order valence-electron chi connectivity index (χ1n) is 6.52. The summed E-state index contributed by atoms with van der Waals surface area (Å²) in [6.45, 7) is 6.84. The number of halogens is 1. The van der Waals surface area contributed by atoms with Crippen LogP contribution in [0.3, 0.4) is 0 Å². The third kappa shape index (κ3) is 2.87. The average Bonchev–Trinajstić information content (AvgIpc) is 2.39. The molecule has 0 bridgehead atoms. The number of nitriles is 1. The first-order chi connectivity index (χ1) is 8.56. The van der Waals surface area contributed by atoms with Gasteiger partial charge in [0.25, 0.3) is 0 Å². The highest BCUT2D eigenvalue weighted by molar-refractivity contribution is 9.10. The molecule has 0 aromatic heterocycles. The van der Waals surface area contributed by atoms with Crippen molar-refractivity contribution in [2.75, 3.05) is 18.0 Å². The van der Waals surface area contributed by atoms with Crippen molar-refractivity contribution in [3.63, 3.8) is 0 Å². The van der Waals surface area contributed by atoms with E-state index >= 15 is 0 Å². The predicted molar refractivity (Wildman–Crippen MR) is 78.7 cm³/mol. The van der Waals surface area contributed by atoms with Crippen LogP contribution in [0, 0.1) is 16.7 Å². The lowest BCUT2D eigenvalue weighted by molar-refractivity contribution is 0.238. The fourth-order valence-electron chi connectivity index (χ4n) is 2.48. The van der Waals surface area contributed by atoms with Gasteiger partial charge < -0.3 is 4.90 Å². The molecule has 1 fully saturated rings. The first-order valence-corrected chi connectivity index (χ1v) is 7.31. The van der Waals surface area contributed by atoms with Crippen LogP contribution in [0.4, 0.5) is 5.69 Å². The molecule has 1 aliphatic rings. The Labute approximate surface area is 118 Å². The maximum absolute atomic E-state index is 9.02. The van der Waals surface area contributed by atoms with Gasteiger partial charge in [0.15, 0.2) is 0 Å². The molecular formula is C15H19BrN2. The van der Waals surface area contributed by atoms with Gasteiger partial charge in [0.2, 0.25) is 0 Å². The summed E-state index contributed by atoms with van der Waals surface area (Å²) in [5.74, 6) is 0. The molecule has 1 aliphatic heterocycles. The van der Waals surface area contributed by atoms with Gasteiger partial charge in [0, 0.05) is 23.2 Å². The van der Waals surface area contributed by atoms with Gasteiger partial charge in [-0.3, -0.25) is 0 Å². The summed E-state index contributed by atoms with van der Waals surface area (Å²) in [6, 6.07) is 8.17. The van der Waals surface area contributed by atoms with Crippen molar-refractivity contribution in [3.05, 3.63) is 28.2 Å². The van der Waals surface area contributed by atoms with Gasteiger partial charge in [0.05, 0.1) is 11.6 Å². The van der Waals surface area contributed by atoms with Crippen molar-refractivity contribution in [1.82, 2.24) is 0 Å². The third-order valence-electron chi connectivity index (χ3n) is 4.20. The van der Waals surface area contributed by atoms with Gasteiger partial charge in [-0.25, -0.2) is 0 Å². The van der Waals surface area contributed by atoms with Crippen molar-refractivity contribution < 1.29 is 0 Å². The molecule has 0 amide bonds. The molecule has 1 aromatic carbocycles. The van der Waals surface area contributed by atoms with E-state index in [-0.39, 0.29) is 0 Å². The standard InChI is InChI=1S/C15H19BrN2/c1-3-15(2)4-6-18(7-5-15)14-9-12(11-17)8-13(16)10-14/h8-10H,3-7H2,1-2H3. The molecule has 1 heterocycles. The van der Waals surface area contributed by atoms with Crippen LogP contribution in [0.15, 0.2) is 22.7 Å². The minimum absolute atomic E-state index is 0.501. The Morgan fingerprint density at radius 3 is 2.56 bits per heavy atom. The largest absolute Gasteiger partial charge is 0.371 e. The van der Waals surface area contributed by atoms with Crippen molar-refractivity contribution >= 4 is 21.6 Å². The van der Waals surface area contributed by atoms with Crippen LogP contribution in [0.1, 0.15) is 38.7 Å². The van der Waals surface area contributed by atoms with E-state index in [1.54, 1.807) is 0 Å². The Balaban J connectivity index is 2.15. The smallest absolute Gasteiger partial charge is 0.0992 e. The van der Waals surface area contributed by atoms with E-state index in [4.69, 9.17) is 5.26 Å². The van der Waals surface area contributed by atoms with Gasteiger partial charge in [-0.15, -0.1) is 0 Å². The first kappa shape index (κ1) is 13.4. The lowest BCUT2D eigenvalue weighted by Gasteiger charge is -2.40. The molecule has 18 heavy (non-hydrogen) atoms. The van der Waals surface area contributed by atoms with Crippen LogP contribution in [0.2, 0.25) is 0 Å². The lowest BCUT2D eigenvalue weighted by atomic mass is 9.78. The topological polar surface area (TPSA) is 27.0 Å². The second-order valence-electron chi connectivity index (χ2n) is 5.46. The monoisotopic (exact) mass is 306 g/mol. The molecule has 0 radical (unpaired) electrons. The molecule has 1 aromatic rings. The van der Waals surface area contributed by atoms with Crippen molar-refractivity contribution in [2.24, 2.45) is 5.41 Å². The molecule has 3 heteroatoms. The highest BCUT2D eigenvalue weighted by Crippen LogP contribution is 2.36. The molecule has 0 unspecified atom stereocenters. The summed E-state index contributed by atoms with van der Waals surface area (Å²) in [6.07, 6.45) is 3.72. The van der Waals surface area contributed by atoms with Crippen LogP contribution in [0.25, 0.3) is 0 Å². The molecular weight excluding hydrogens is 288 g/mol. The van der Waals surface area contributed by atoms with E-state index in [2.05, 4.69) is 46.8 Å². The number of hydrogen-bond donors (Lipinski definition) is 0. The summed E-state index contributed by atoms with van der Waals surface area (Å²) in [5, 5.41) is 9.02. The van der Waals surface area contributed by atoms with Gasteiger partial charge >= 0.3 is 0 Å². The van der Waals surface area contributed by atoms with Crippen molar-refractivity contribution in [1.29, 1.82) is 5.26 Å². The molecule has 0 spiro atoms. The minimum atomic E-state index is 0.501. The van der Waals surface area contributed by atoms with Gasteiger partial charge in [-0.05, 0) is 36.5 Å². The number of anilines is 1. The molecule has 2 nitrogen and oxygen atoms in total. The molecule has 0 aliphatic carbocycles. The Hall–Kier alpha value is -1.01. The van der Waals surface area contributed by atoms with E-state index in [1.165, 1.54) is 24.9 Å². The summed E-state index contributed by atoms with van der Waals surface area (Å²) >= 11 is 3.48. The second kappa shape index (κ2) is 5.32. The number of hydrogen-bond acceptors (Lipinski definition) is 2. The Kier molecular flexibility index (Phi) is 3.97. The number of benzene rings is 1. The highest BCUT2D eigenvalue weighted by atomic mass is 79.9. The van der Waals surface area contributed by atoms with E-state index < -0.39 is 0 Å². The Morgan fingerprint density at radius 2 is 2.00 bits per heavy atom. The summed E-state index contributed by atoms with van der Waals surface area (Å²) in [7, 11) is 0. The van der Waals surface area contributed by atoms with Crippen LogP contribution < -0.4 is 4.90 Å². The third-order valence-corrected chi connectivity index (χ3v) is 4.66. The highest BCUT2D eigenvalue weighted by Gasteiger charge is 2.28. The van der Waals surface area contributed by atoms with Crippen LogP contribution in [-0.4, -0.2) is 13.1 Å². The Morgan fingerprint density at radius 1 is 1.33 bits per heavy atom. The normalized spacial score (nSPS) is 18.4. The second-order valence-corrected chi connectivity index (χ2v) is 6.38. The summed E-state index contributed by atoms with van der Waals surface area (Å²) in [5.41, 5.74) is 2.39. The minimum Gasteiger partial charge on any atom is -0.371 e. The summed E-state index contributed by atoms with van der Waals surface area (Å²) in [4.78, 5) is 2.39. The van der Waals surface area contributed by atoms with E-state index in [0.717, 1.165) is 23.1 Å². The zero-order valence-corrected chi connectivity index (χ0v) is 12.6. The summed E-state index contributed by atoms with van der Waals surface area (Å²) < 4.78 is 0.986. The number of piperidine rings is 1. The zero-order valence-electron chi connectivity index (χ0n) is 11.0. The number of rotatable bonds is 2. The molecule has 1 saturated heterocycles. The molecule has 0 atom stereocenters. The fourth-order valence-corrected chi connectivity index (χ4v) is 2.96. The predicted octanol–water partition coefficient (Wildman–Crippen LogP) is 4.34. The van der Waals surface area contributed by atoms with Gasteiger partial charge in [0.1, 0.15) is 0 Å². The van der Waals surface area contributed by atoms with E-state index in [0.29, 0.717) is 5.41 Å². The van der Waals surface area contributed by atoms with Gasteiger partial charge in [-0.1, -0.05) is 36.2 Å². The van der Waals surface area contributed by atoms with Crippen molar-refractivity contribution in [2.45, 2.75) is 33.1 Å². The average molecular weight is 307 g/mol. The SMILES string of the molecule is CCC1(C)CCN(c2cc(Br)cc(C#N)c2)CC1. The van der Waals surface area contributed by atoms with Crippen LogP contribution >= 0.6 is 15.9 Å². The molecule has 2 rings (SSSR count). The van der Waals surface area contributed by atoms with Crippen LogP contribution in [0.5, 0.6) is 0 Å². The van der Waals surface area contributed by atoms with E-state index in [9.17, 15) is 0 Å². The number of nitrogens with zero attached hydrogens (tertiary/aromatic N) is 2. The van der Waals surface area contributed by atoms with Crippen molar-refractivity contribution in [3.8, 4) is 6.07 Å². The maximum Gasteiger partial charge on any atom is 0.0992 e. The lowest BCUT2D eigenvalue weighted by Crippen LogP contribution is -2.38. The van der Waals surface area contributed by atoms with E-state index in [1.807, 2.05) is 12.1 Å². The fraction of sp³-hybridized carbons (Fsp3) is 0.533. The van der Waals surface area contributed by atoms with Gasteiger partial charge in [-0.2, -0.15) is 5.26 Å². The molecule has 0 N–H and O–H groups in total. The zero-order chi connectivity index (χ0) is 13.2. The molecule has 96 valence electrons. The van der Waals surface area contributed by atoms with Crippen LogP contribution in [-0.2, 0) is 0 Å².